The van der Waals surface area contributed by atoms with E-state index >= 15 is 0 Å². The van der Waals surface area contributed by atoms with Crippen molar-refractivity contribution >= 4 is 19.2 Å². The van der Waals surface area contributed by atoms with Gasteiger partial charge < -0.3 is 9.71 Å². The van der Waals surface area contributed by atoms with Gasteiger partial charge in [-0.25, -0.2) is 0 Å². The highest BCUT2D eigenvalue weighted by molar-refractivity contribution is 6.38. The third-order valence-electron chi connectivity index (χ3n) is 2.50. The van der Waals surface area contributed by atoms with Gasteiger partial charge in [0.15, 0.2) is 0 Å². The molecular weight excluding hydrogens is 179 g/mol. The van der Waals surface area contributed by atoms with E-state index in [1.165, 1.54) is 0 Å². The lowest BCUT2D eigenvalue weighted by Gasteiger charge is -2.37. The Morgan fingerprint density at radius 1 is 1.57 bits per heavy atom. The lowest BCUT2D eigenvalue weighted by molar-refractivity contribution is -0.144. The van der Waals surface area contributed by atoms with Crippen LogP contribution in [0.2, 0.25) is 0 Å². The van der Waals surface area contributed by atoms with E-state index in [-0.39, 0.29) is 23.8 Å². The molecule has 1 atom stereocenters. The van der Waals surface area contributed by atoms with Crippen LogP contribution in [0.5, 0.6) is 0 Å². The topological polar surface area (TPSA) is 40.6 Å². The minimum Gasteiger partial charge on any atom is -0.390 e. The number of carbonyl (C=O) groups is 2. The van der Waals surface area contributed by atoms with Crippen molar-refractivity contribution in [3.05, 3.63) is 0 Å². The summed E-state index contributed by atoms with van der Waals surface area (Å²) in [5, 5.41) is 0. The molecular formula is C9H16BN2O2. The van der Waals surface area contributed by atoms with Crippen LogP contribution < -0.4 is 0 Å². The molecule has 1 aliphatic heterocycles. The van der Waals surface area contributed by atoms with Gasteiger partial charge in [-0.15, -0.1) is 0 Å². The van der Waals surface area contributed by atoms with Crippen LogP contribution in [0.15, 0.2) is 0 Å². The molecule has 0 aromatic carbocycles. The van der Waals surface area contributed by atoms with Gasteiger partial charge in [0.25, 0.3) is 7.41 Å². The molecule has 2 amide bonds. The van der Waals surface area contributed by atoms with Gasteiger partial charge >= 0.3 is 0 Å². The Morgan fingerprint density at radius 2 is 2.14 bits per heavy atom. The van der Waals surface area contributed by atoms with Crippen LogP contribution in [0.25, 0.3) is 0 Å². The van der Waals surface area contributed by atoms with E-state index < -0.39 is 0 Å². The number of hydrogen-bond donors (Lipinski definition) is 0. The van der Waals surface area contributed by atoms with E-state index in [0.29, 0.717) is 6.44 Å². The van der Waals surface area contributed by atoms with Crippen LogP contribution in [0.3, 0.4) is 0 Å². The average molecular weight is 195 g/mol. The van der Waals surface area contributed by atoms with Crippen LogP contribution in [0.4, 0.5) is 0 Å². The molecule has 1 saturated heterocycles. The van der Waals surface area contributed by atoms with Crippen molar-refractivity contribution in [1.29, 1.82) is 0 Å². The molecule has 77 valence electrons. The predicted molar refractivity (Wildman–Crippen MR) is 54.5 cm³/mol. The predicted octanol–water partition coefficient (Wildman–Crippen LogP) is -0.0918. The van der Waals surface area contributed by atoms with Crippen LogP contribution in [-0.2, 0) is 9.59 Å². The first kappa shape index (κ1) is 11.1. The Hall–Kier alpha value is -0.995. The third kappa shape index (κ3) is 1.91. The van der Waals surface area contributed by atoms with Gasteiger partial charge in [-0.3, -0.25) is 9.59 Å². The summed E-state index contributed by atoms with van der Waals surface area (Å²) in [4.78, 5) is 26.4. The molecule has 0 aromatic heterocycles. The first-order valence-corrected chi connectivity index (χ1v) is 4.85. The number of likely N-dealkylation sites (N-methyl/N-ethyl adjacent to an activating group) is 1. The van der Waals surface area contributed by atoms with Gasteiger partial charge in [0.05, 0.1) is 0 Å². The maximum atomic E-state index is 11.7. The summed E-state index contributed by atoms with van der Waals surface area (Å²) in [5.74, 6) is -0.0393. The zero-order valence-corrected chi connectivity index (χ0v) is 9.15. The second-order valence-electron chi connectivity index (χ2n) is 3.95. The second kappa shape index (κ2) is 4.03. The maximum absolute atomic E-state index is 11.7. The first-order chi connectivity index (χ1) is 6.45. The molecule has 14 heavy (non-hydrogen) atoms. The van der Waals surface area contributed by atoms with E-state index in [1.54, 1.807) is 31.1 Å². The lowest BCUT2D eigenvalue weighted by atomic mass is 9.85. The Kier molecular flexibility index (Phi) is 3.19. The smallest absolute Gasteiger partial charge is 0.270 e. The van der Waals surface area contributed by atoms with Gasteiger partial charge in [0.2, 0.25) is 11.8 Å². The van der Waals surface area contributed by atoms with Gasteiger partial charge in [-0.05, 0) is 14.0 Å². The summed E-state index contributed by atoms with van der Waals surface area (Å²) in [5.41, 5.74) is 0. The Labute approximate surface area is 85.5 Å². The molecule has 0 aliphatic carbocycles. The largest absolute Gasteiger partial charge is 0.390 e. The van der Waals surface area contributed by atoms with Gasteiger partial charge in [0, 0.05) is 12.4 Å². The molecule has 0 spiro atoms. The fourth-order valence-electron chi connectivity index (χ4n) is 1.50. The zero-order valence-electron chi connectivity index (χ0n) is 9.15. The standard InChI is InChI=1S/C9H16BN2O2/c1-6(2)8(13)12-5-10-11(4)9(14)7(12)3/h6-7H,5H2,1-4H3. The molecule has 5 heteroatoms. The molecule has 1 radical (unpaired) electrons. The second-order valence-corrected chi connectivity index (χ2v) is 3.95. The summed E-state index contributed by atoms with van der Waals surface area (Å²) >= 11 is 0. The molecule has 0 bridgehead atoms. The molecule has 1 fully saturated rings. The minimum absolute atomic E-state index is 0.0229. The zero-order chi connectivity index (χ0) is 10.9. The van der Waals surface area contributed by atoms with Crippen molar-refractivity contribution in [3.63, 3.8) is 0 Å². The number of nitrogens with zero attached hydrogens (tertiary/aromatic N) is 2. The fourth-order valence-corrected chi connectivity index (χ4v) is 1.50. The summed E-state index contributed by atoms with van der Waals surface area (Å²) in [7, 11) is 3.46. The van der Waals surface area contributed by atoms with Crippen molar-refractivity contribution < 1.29 is 9.59 Å². The van der Waals surface area contributed by atoms with Gasteiger partial charge in [-0.1, -0.05) is 13.8 Å². The number of carbonyl (C=O) groups excluding carboxylic acids is 2. The Balaban J connectivity index is 2.73. The maximum Gasteiger partial charge on any atom is 0.270 e. The molecule has 1 rings (SSSR count). The van der Waals surface area contributed by atoms with Crippen LogP contribution in [0, 0.1) is 5.92 Å². The highest BCUT2D eigenvalue weighted by atomic mass is 16.2. The monoisotopic (exact) mass is 195 g/mol. The van der Waals surface area contributed by atoms with Crippen molar-refractivity contribution in [2.45, 2.75) is 26.8 Å². The van der Waals surface area contributed by atoms with Crippen molar-refractivity contribution in [1.82, 2.24) is 9.71 Å². The summed E-state index contributed by atoms with van der Waals surface area (Å²) in [6.07, 6.45) is 0.528. The molecule has 4 nitrogen and oxygen atoms in total. The first-order valence-electron chi connectivity index (χ1n) is 4.85. The normalized spacial score (nSPS) is 22.6. The van der Waals surface area contributed by atoms with E-state index in [0.717, 1.165) is 0 Å². The van der Waals surface area contributed by atoms with Gasteiger partial charge in [0.1, 0.15) is 6.04 Å². The molecule has 0 saturated carbocycles. The number of hydrogen-bond acceptors (Lipinski definition) is 2. The molecule has 1 heterocycles. The van der Waals surface area contributed by atoms with Crippen molar-refractivity contribution in [2.24, 2.45) is 5.92 Å². The summed E-state index contributed by atoms with van der Waals surface area (Å²) < 4.78 is 0. The summed E-state index contributed by atoms with van der Waals surface area (Å²) in [6.45, 7) is 5.46. The van der Waals surface area contributed by atoms with E-state index in [9.17, 15) is 9.59 Å². The highest BCUT2D eigenvalue weighted by Gasteiger charge is 2.33. The number of amides is 2. The SMILES string of the molecule is CC(C)C(=O)N1C[B]N(C)C(=O)C1C. The van der Waals surface area contributed by atoms with E-state index in [1.807, 2.05) is 13.8 Å². The van der Waals surface area contributed by atoms with Crippen LogP contribution in [-0.4, -0.2) is 48.5 Å². The lowest BCUT2D eigenvalue weighted by Crippen LogP contribution is -2.58. The Morgan fingerprint density at radius 3 is 2.64 bits per heavy atom. The molecule has 0 aromatic rings. The molecule has 1 unspecified atom stereocenters. The van der Waals surface area contributed by atoms with E-state index in [4.69, 9.17) is 0 Å². The average Bonchev–Trinajstić information content (AvgIpc) is 2.13. The third-order valence-corrected chi connectivity index (χ3v) is 2.50. The quantitative estimate of drug-likeness (QED) is 0.548. The number of rotatable bonds is 1. The minimum atomic E-state index is -0.333. The van der Waals surface area contributed by atoms with Crippen molar-refractivity contribution in [2.75, 3.05) is 13.5 Å². The molecule has 0 N–H and O–H groups in total. The fraction of sp³-hybridized carbons (Fsp3) is 0.778. The van der Waals surface area contributed by atoms with Gasteiger partial charge in [-0.2, -0.15) is 0 Å². The van der Waals surface area contributed by atoms with Crippen LogP contribution in [0.1, 0.15) is 20.8 Å². The molecule has 1 aliphatic rings. The highest BCUT2D eigenvalue weighted by Crippen LogP contribution is 2.11. The van der Waals surface area contributed by atoms with Crippen LogP contribution >= 0.6 is 0 Å². The summed E-state index contributed by atoms with van der Waals surface area (Å²) in [6, 6.07) is -0.333. The van der Waals surface area contributed by atoms with Crippen molar-refractivity contribution in [3.8, 4) is 0 Å². The Bertz CT molecular complexity index is 255. The van der Waals surface area contributed by atoms with E-state index in [2.05, 4.69) is 0 Å².